The normalized spacial score (nSPS) is 16.6. The number of benzene rings is 2. The third-order valence-electron chi connectivity index (χ3n) is 5.04. The minimum Gasteiger partial charge on any atom is -0.493 e. The lowest BCUT2D eigenvalue weighted by molar-refractivity contribution is -0.135. The second-order valence-electron chi connectivity index (χ2n) is 6.89. The Hall–Kier alpha value is -2.86. The Balaban J connectivity index is 1.60. The van der Waals surface area contributed by atoms with Gasteiger partial charge in [0.25, 0.3) is 0 Å². The molecule has 1 atom stereocenters. The number of hydrogen-bond acceptors (Lipinski definition) is 4. The summed E-state index contributed by atoms with van der Waals surface area (Å²) in [5, 5.41) is 3.38. The molecule has 0 aliphatic carbocycles. The molecule has 0 saturated carbocycles. The van der Waals surface area contributed by atoms with Crippen molar-refractivity contribution >= 4 is 11.8 Å². The number of hydrogen-bond donors (Lipinski definition) is 2. The summed E-state index contributed by atoms with van der Waals surface area (Å²) < 4.78 is 5.66. The molecule has 28 heavy (non-hydrogen) atoms. The zero-order valence-electron chi connectivity index (χ0n) is 16.2. The zero-order valence-corrected chi connectivity index (χ0v) is 16.2. The van der Waals surface area contributed by atoms with Crippen molar-refractivity contribution in [1.29, 1.82) is 0 Å². The highest BCUT2D eigenvalue weighted by atomic mass is 16.5. The van der Waals surface area contributed by atoms with Crippen LogP contribution in [0, 0.1) is 0 Å². The van der Waals surface area contributed by atoms with Crippen molar-refractivity contribution in [3.8, 4) is 5.75 Å². The number of nitrogens with one attached hydrogen (secondary N) is 1. The number of nitrogens with two attached hydrogens (primary N) is 1. The van der Waals surface area contributed by atoms with Crippen molar-refractivity contribution in [2.45, 2.75) is 25.8 Å². The highest BCUT2D eigenvalue weighted by Crippen LogP contribution is 2.24. The summed E-state index contributed by atoms with van der Waals surface area (Å²) in [7, 11) is 0. The smallest absolute Gasteiger partial charge is 0.248 e. The summed E-state index contributed by atoms with van der Waals surface area (Å²) in [5.41, 5.74) is 8.11. The number of ether oxygens (including phenoxy) is 1. The van der Waals surface area contributed by atoms with E-state index >= 15 is 0 Å². The van der Waals surface area contributed by atoms with Gasteiger partial charge in [-0.25, -0.2) is 0 Å². The molecule has 1 aliphatic rings. The molecule has 148 valence electrons. The van der Waals surface area contributed by atoms with Crippen molar-refractivity contribution in [3.05, 3.63) is 65.2 Å². The first kappa shape index (κ1) is 19.9. The van der Waals surface area contributed by atoms with Crippen LogP contribution < -0.4 is 15.8 Å². The Labute approximate surface area is 165 Å². The highest BCUT2D eigenvalue weighted by molar-refractivity contribution is 5.93. The monoisotopic (exact) mass is 381 g/mol. The average Bonchev–Trinajstić information content (AvgIpc) is 2.74. The van der Waals surface area contributed by atoms with E-state index in [0.717, 1.165) is 25.1 Å². The summed E-state index contributed by atoms with van der Waals surface area (Å²) in [5.74, 6) is 0.104. The Morgan fingerprint density at radius 3 is 2.71 bits per heavy atom. The van der Waals surface area contributed by atoms with Gasteiger partial charge in [-0.1, -0.05) is 37.3 Å². The van der Waals surface area contributed by atoms with Gasteiger partial charge in [-0.05, 0) is 35.7 Å². The minimum absolute atomic E-state index is 0.0327. The number of carbonyl (C=O) groups is 2. The van der Waals surface area contributed by atoms with Gasteiger partial charge in [0, 0.05) is 25.2 Å². The van der Waals surface area contributed by atoms with Crippen LogP contribution in [0.1, 0.15) is 40.9 Å². The van der Waals surface area contributed by atoms with Crippen molar-refractivity contribution in [3.63, 3.8) is 0 Å². The van der Waals surface area contributed by atoms with Crippen LogP contribution in [0.15, 0.2) is 48.5 Å². The van der Waals surface area contributed by atoms with Gasteiger partial charge in [0.15, 0.2) is 0 Å². The fourth-order valence-corrected chi connectivity index (χ4v) is 3.42. The molecular weight excluding hydrogens is 354 g/mol. The van der Waals surface area contributed by atoms with Gasteiger partial charge in [-0.2, -0.15) is 0 Å². The van der Waals surface area contributed by atoms with Gasteiger partial charge >= 0.3 is 0 Å². The van der Waals surface area contributed by atoms with Crippen molar-refractivity contribution < 1.29 is 14.3 Å². The van der Waals surface area contributed by atoms with Gasteiger partial charge in [0.2, 0.25) is 11.8 Å². The van der Waals surface area contributed by atoms with E-state index in [1.165, 1.54) is 5.56 Å². The first-order valence-corrected chi connectivity index (χ1v) is 9.70. The lowest BCUT2D eigenvalue weighted by atomic mass is 10.0. The lowest BCUT2D eigenvalue weighted by Gasteiger charge is -2.36. The van der Waals surface area contributed by atoms with Crippen LogP contribution in [0.2, 0.25) is 0 Å². The maximum atomic E-state index is 12.8. The Bertz CT molecular complexity index is 820. The Kier molecular flexibility index (Phi) is 6.66. The summed E-state index contributed by atoms with van der Waals surface area (Å²) in [4.78, 5) is 26.0. The molecule has 6 nitrogen and oxygen atoms in total. The topological polar surface area (TPSA) is 84.7 Å². The number of primary amides is 1. The van der Waals surface area contributed by atoms with Crippen LogP contribution in [-0.2, 0) is 11.2 Å². The third-order valence-corrected chi connectivity index (χ3v) is 5.04. The van der Waals surface area contributed by atoms with Crippen LogP contribution in [0.5, 0.6) is 5.75 Å². The number of piperazine rings is 1. The largest absolute Gasteiger partial charge is 0.493 e. The molecule has 3 rings (SSSR count). The molecule has 1 heterocycles. The standard InChI is InChI=1S/C22H27N3O3/c1-2-16-6-8-17(9-7-16)20-15-24-11-12-25(20)21(26)10-13-28-19-5-3-4-18(14-19)22(23)27/h3-9,14,20,24H,2,10-13,15H2,1H3,(H2,23,27). The summed E-state index contributed by atoms with van der Waals surface area (Å²) in [6.07, 6.45) is 1.28. The fraction of sp³-hybridized carbons (Fsp3) is 0.364. The fourth-order valence-electron chi connectivity index (χ4n) is 3.42. The van der Waals surface area contributed by atoms with Gasteiger partial charge in [0.05, 0.1) is 19.1 Å². The second-order valence-corrected chi connectivity index (χ2v) is 6.89. The zero-order chi connectivity index (χ0) is 19.9. The quantitative estimate of drug-likeness (QED) is 0.771. The predicted octanol–water partition coefficient (Wildman–Crippen LogP) is 2.29. The molecule has 3 N–H and O–H groups in total. The molecular formula is C22H27N3O3. The second kappa shape index (κ2) is 9.37. The van der Waals surface area contributed by atoms with Gasteiger partial charge in [-0.15, -0.1) is 0 Å². The van der Waals surface area contributed by atoms with Crippen molar-refractivity contribution in [2.75, 3.05) is 26.2 Å². The molecule has 6 heteroatoms. The van der Waals surface area contributed by atoms with E-state index in [1.807, 2.05) is 4.90 Å². The number of aryl methyl sites for hydroxylation is 1. The van der Waals surface area contributed by atoms with Crippen LogP contribution in [0.4, 0.5) is 0 Å². The first-order valence-electron chi connectivity index (χ1n) is 9.70. The number of amides is 2. The maximum absolute atomic E-state index is 12.8. The molecule has 0 aromatic heterocycles. The van der Waals surface area contributed by atoms with Gasteiger partial charge in [-0.3, -0.25) is 9.59 Å². The van der Waals surface area contributed by atoms with Crippen LogP contribution in [0.3, 0.4) is 0 Å². The molecule has 0 bridgehead atoms. The van der Waals surface area contributed by atoms with Gasteiger partial charge in [0.1, 0.15) is 5.75 Å². The summed E-state index contributed by atoms with van der Waals surface area (Å²) in [6, 6.07) is 15.2. The van der Waals surface area contributed by atoms with Crippen LogP contribution >= 0.6 is 0 Å². The number of carbonyl (C=O) groups excluding carboxylic acids is 2. The molecule has 2 amide bonds. The maximum Gasteiger partial charge on any atom is 0.248 e. The molecule has 2 aromatic carbocycles. The highest BCUT2D eigenvalue weighted by Gasteiger charge is 2.27. The summed E-state index contributed by atoms with van der Waals surface area (Å²) in [6.45, 7) is 4.60. The van der Waals surface area contributed by atoms with Gasteiger partial charge < -0.3 is 20.7 Å². The van der Waals surface area contributed by atoms with Crippen LogP contribution in [0.25, 0.3) is 0 Å². The number of rotatable bonds is 7. The first-order chi connectivity index (χ1) is 13.6. The Morgan fingerprint density at radius 1 is 1.21 bits per heavy atom. The molecule has 2 aromatic rings. The summed E-state index contributed by atoms with van der Waals surface area (Å²) >= 11 is 0. The molecule has 1 unspecified atom stereocenters. The van der Waals surface area contributed by atoms with Crippen LogP contribution in [-0.4, -0.2) is 43.0 Å². The molecule has 0 radical (unpaired) electrons. The third kappa shape index (κ3) is 4.89. The molecule has 1 saturated heterocycles. The van der Waals surface area contributed by atoms with Crippen molar-refractivity contribution in [2.24, 2.45) is 5.73 Å². The molecule has 0 spiro atoms. The SMILES string of the molecule is CCc1ccc(C2CNCCN2C(=O)CCOc2cccc(C(N)=O)c2)cc1. The number of nitrogens with zero attached hydrogens (tertiary/aromatic N) is 1. The van der Waals surface area contributed by atoms with E-state index in [4.69, 9.17) is 10.5 Å². The predicted molar refractivity (Wildman–Crippen MR) is 108 cm³/mol. The van der Waals surface area contributed by atoms with E-state index in [-0.39, 0.29) is 25.0 Å². The van der Waals surface area contributed by atoms with E-state index < -0.39 is 5.91 Å². The lowest BCUT2D eigenvalue weighted by Crippen LogP contribution is -2.48. The average molecular weight is 381 g/mol. The Morgan fingerprint density at radius 2 is 2.00 bits per heavy atom. The van der Waals surface area contributed by atoms with E-state index in [1.54, 1.807) is 24.3 Å². The minimum atomic E-state index is -0.501. The van der Waals surface area contributed by atoms with Crippen molar-refractivity contribution in [1.82, 2.24) is 10.2 Å². The van der Waals surface area contributed by atoms with E-state index in [9.17, 15) is 9.59 Å². The van der Waals surface area contributed by atoms with E-state index in [2.05, 4.69) is 36.5 Å². The van der Waals surface area contributed by atoms with E-state index in [0.29, 0.717) is 17.9 Å². The molecule has 1 fully saturated rings. The molecule has 1 aliphatic heterocycles.